The van der Waals surface area contributed by atoms with E-state index in [1.54, 1.807) is 12.1 Å². The molecule has 1 fully saturated rings. The molecule has 2 rings (SSSR count). The number of nitrogens with zero attached hydrogens (tertiary/aromatic N) is 1. The Labute approximate surface area is 130 Å². The van der Waals surface area contributed by atoms with Crippen LogP contribution in [-0.2, 0) is 4.79 Å². The number of carbonyl (C=O) groups excluding carboxylic acids is 1. The average molecular weight is 361 g/mol. The van der Waals surface area contributed by atoms with Gasteiger partial charge in [0.25, 0.3) is 5.91 Å². The van der Waals surface area contributed by atoms with Crippen LogP contribution >= 0.6 is 27.5 Å². The quantitative estimate of drug-likeness (QED) is 0.894. The zero-order valence-corrected chi connectivity index (χ0v) is 13.5. The second-order valence-corrected chi connectivity index (χ2v) is 6.25. The van der Waals surface area contributed by atoms with Gasteiger partial charge in [-0.25, -0.2) is 4.79 Å². The number of benzene rings is 1. The van der Waals surface area contributed by atoms with Gasteiger partial charge in [0.15, 0.2) is 0 Å². The highest BCUT2D eigenvalue weighted by molar-refractivity contribution is 9.10. The molecule has 108 valence electrons. The van der Waals surface area contributed by atoms with Gasteiger partial charge in [0.05, 0.1) is 5.02 Å². The monoisotopic (exact) mass is 359 g/mol. The Kier molecular flexibility index (Phi) is 4.39. The maximum atomic E-state index is 12.6. The number of halogens is 2. The van der Waals surface area contributed by atoms with Gasteiger partial charge in [-0.2, -0.15) is 0 Å². The summed E-state index contributed by atoms with van der Waals surface area (Å²) in [5.41, 5.74) is 1.27. The lowest BCUT2D eigenvalue weighted by molar-refractivity contribution is -0.141. The molecule has 0 aliphatic heterocycles. The SMILES string of the molecule is Cc1cc(C(=O)N(C2CC2)C(C)C(=O)O)cc(Cl)c1Br. The Hall–Kier alpha value is -1.07. The van der Waals surface area contributed by atoms with Crippen molar-refractivity contribution in [2.45, 2.75) is 38.8 Å². The van der Waals surface area contributed by atoms with Gasteiger partial charge in [-0.3, -0.25) is 4.79 Å². The van der Waals surface area contributed by atoms with Crippen LogP contribution in [0.15, 0.2) is 16.6 Å². The predicted molar refractivity (Wildman–Crippen MR) is 80.2 cm³/mol. The zero-order chi connectivity index (χ0) is 15.0. The van der Waals surface area contributed by atoms with Crippen LogP contribution < -0.4 is 0 Å². The molecule has 0 bridgehead atoms. The smallest absolute Gasteiger partial charge is 0.326 e. The highest BCUT2D eigenvalue weighted by Gasteiger charge is 2.38. The molecule has 0 aromatic heterocycles. The van der Waals surface area contributed by atoms with Crippen LogP contribution in [-0.4, -0.2) is 34.0 Å². The van der Waals surface area contributed by atoms with Crippen molar-refractivity contribution in [3.63, 3.8) is 0 Å². The Morgan fingerprint density at radius 2 is 2.05 bits per heavy atom. The van der Waals surface area contributed by atoms with Crippen molar-refractivity contribution < 1.29 is 14.7 Å². The van der Waals surface area contributed by atoms with Gasteiger partial charge in [0.2, 0.25) is 0 Å². The number of carboxylic acids is 1. The number of aliphatic carboxylic acids is 1. The summed E-state index contributed by atoms with van der Waals surface area (Å²) in [6.07, 6.45) is 1.71. The molecule has 1 aromatic rings. The van der Waals surface area contributed by atoms with E-state index in [4.69, 9.17) is 16.7 Å². The van der Waals surface area contributed by atoms with Crippen molar-refractivity contribution in [1.29, 1.82) is 0 Å². The van der Waals surface area contributed by atoms with Crippen molar-refractivity contribution >= 4 is 39.4 Å². The molecule has 20 heavy (non-hydrogen) atoms. The van der Waals surface area contributed by atoms with Crippen LogP contribution in [0.3, 0.4) is 0 Å². The number of carboxylic acid groups (broad SMARTS) is 1. The fraction of sp³-hybridized carbons (Fsp3) is 0.429. The van der Waals surface area contributed by atoms with Crippen molar-refractivity contribution in [2.24, 2.45) is 0 Å². The zero-order valence-electron chi connectivity index (χ0n) is 11.2. The van der Waals surface area contributed by atoms with Gasteiger partial charge < -0.3 is 10.0 Å². The van der Waals surface area contributed by atoms with E-state index < -0.39 is 12.0 Å². The summed E-state index contributed by atoms with van der Waals surface area (Å²) in [4.78, 5) is 25.2. The molecule has 1 N–H and O–H groups in total. The molecular weight excluding hydrogens is 346 g/mol. The number of rotatable bonds is 4. The third-order valence-electron chi connectivity index (χ3n) is 3.41. The lowest BCUT2D eigenvalue weighted by atomic mass is 10.1. The van der Waals surface area contributed by atoms with Gasteiger partial charge in [-0.05, 0) is 60.3 Å². The lowest BCUT2D eigenvalue weighted by Gasteiger charge is -2.26. The Morgan fingerprint density at radius 1 is 1.45 bits per heavy atom. The normalized spacial score (nSPS) is 15.8. The number of aryl methyl sites for hydroxylation is 1. The van der Waals surface area contributed by atoms with Gasteiger partial charge in [0, 0.05) is 16.1 Å². The van der Waals surface area contributed by atoms with E-state index in [1.165, 1.54) is 11.8 Å². The fourth-order valence-electron chi connectivity index (χ4n) is 2.13. The Balaban J connectivity index is 2.35. The predicted octanol–water partition coefficient (Wildman–Crippen LogP) is 3.49. The van der Waals surface area contributed by atoms with Gasteiger partial charge in [0.1, 0.15) is 6.04 Å². The van der Waals surface area contributed by atoms with Gasteiger partial charge in [-0.15, -0.1) is 0 Å². The van der Waals surface area contributed by atoms with Crippen molar-refractivity contribution in [2.75, 3.05) is 0 Å². The molecule has 1 aromatic carbocycles. The van der Waals surface area contributed by atoms with Crippen LogP contribution in [0.2, 0.25) is 5.02 Å². The summed E-state index contributed by atoms with van der Waals surface area (Å²) in [5.74, 6) is -1.27. The number of hydrogen-bond acceptors (Lipinski definition) is 2. The Morgan fingerprint density at radius 3 is 2.50 bits per heavy atom. The third-order valence-corrected chi connectivity index (χ3v) is 4.99. The van der Waals surface area contributed by atoms with E-state index in [0.29, 0.717) is 10.6 Å². The van der Waals surface area contributed by atoms with Crippen LogP contribution in [0.4, 0.5) is 0 Å². The molecule has 1 aliphatic rings. The molecule has 1 amide bonds. The second kappa shape index (κ2) is 5.74. The first-order valence-electron chi connectivity index (χ1n) is 6.34. The first-order chi connectivity index (χ1) is 9.32. The molecule has 1 aliphatic carbocycles. The van der Waals surface area contributed by atoms with E-state index >= 15 is 0 Å². The number of amides is 1. The highest BCUT2D eigenvalue weighted by Crippen LogP contribution is 2.32. The van der Waals surface area contributed by atoms with Gasteiger partial charge >= 0.3 is 5.97 Å². The Bertz CT molecular complexity index is 549. The maximum Gasteiger partial charge on any atom is 0.326 e. The number of hydrogen-bond donors (Lipinski definition) is 1. The summed E-state index contributed by atoms with van der Waals surface area (Å²) in [5, 5.41) is 9.60. The molecule has 1 saturated carbocycles. The van der Waals surface area contributed by atoms with E-state index in [-0.39, 0.29) is 11.9 Å². The molecule has 1 atom stereocenters. The molecule has 4 nitrogen and oxygen atoms in total. The highest BCUT2D eigenvalue weighted by atomic mass is 79.9. The standard InChI is InChI=1S/C14H15BrClNO3/c1-7-5-9(6-11(16)12(7)15)13(18)17(10-3-4-10)8(2)14(19)20/h5-6,8,10H,3-4H2,1-2H3,(H,19,20). The molecule has 0 saturated heterocycles. The molecular formula is C14H15BrClNO3. The number of carbonyl (C=O) groups is 2. The molecule has 0 spiro atoms. The third kappa shape index (κ3) is 2.99. The van der Waals surface area contributed by atoms with E-state index in [0.717, 1.165) is 22.9 Å². The van der Waals surface area contributed by atoms with Crippen LogP contribution in [0.1, 0.15) is 35.7 Å². The van der Waals surface area contributed by atoms with Gasteiger partial charge in [-0.1, -0.05) is 11.6 Å². The summed E-state index contributed by atoms with van der Waals surface area (Å²) >= 11 is 9.41. The van der Waals surface area contributed by atoms with E-state index in [9.17, 15) is 9.59 Å². The van der Waals surface area contributed by atoms with Crippen molar-refractivity contribution in [3.8, 4) is 0 Å². The summed E-state index contributed by atoms with van der Waals surface area (Å²) < 4.78 is 0.750. The lowest BCUT2D eigenvalue weighted by Crippen LogP contribution is -2.44. The molecule has 1 unspecified atom stereocenters. The maximum absolute atomic E-state index is 12.6. The topological polar surface area (TPSA) is 57.6 Å². The second-order valence-electron chi connectivity index (χ2n) is 5.05. The van der Waals surface area contributed by atoms with Crippen molar-refractivity contribution in [3.05, 3.63) is 32.8 Å². The minimum Gasteiger partial charge on any atom is -0.480 e. The van der Waals surface area contributed by atoms with Crippen LogP contribution in [0, 0.1) is 6.92 Å². The van der Waals surface area contributed by atoms with E-state index in [2.05, 4.69) is 15.9 Å². The molecule has 6 heteroatoms. The van der Waals surface area contributed by atoms with E-state index in [1.807, 2.05) is 6.92 Å². The minimum atomic E-state index is -0.995. The minimum absolute atomic E-state index is 0.0244. The first kappa shape index (κ1) is 15.3. The summed E-state index contributed by atoms with van der Waals surface area (Å²) in [6, 6.07) is 2.49. The van der Waals surface area contributed by atoms with Crippen LogP contribution in [0.25, 0.3) is 0 Å². The van der Waals surface area contributed by atoms with Crippen molar-refractivity contribution in [1.82, 2.24) is 4.90 Å². The van der Waals surface area contributed by atoms with Crippen LogP contribution in [0.5, 0.6) is 0 Å². The fourth-order valence-corrected chi connectivity index (χ4v) is 2.62. The summed E-state index contributed by atoms with van der Waals surface area (Å²) in [7, 11) is 0. The first-order valence-corrected chi connectivity index (χ1v) is 7.51. The molecule has 0 radical (unpaired) electrons. The summed E-state index contributed by atoms with van der Waals surface area (Å²) in [6.45, 7) is 3.38. The average Bonchev–Trinajstić information content (AvgIpc) is 3.19. The molecule has 0 heterocycles. The largest absolute Gasteiger partial charge is 0.480 e.